The van der Waals surface area contributed by atoms with Crippen LogP contribution in [-0.2, 0) is 13.0 Å². The lowest BCUT2D eigenvalue weighted by atomic mass is 9.90. The lowest BCUT2D eigenvalue weighted by Gasteiger charge is -2.21. The van der Waals surface area contributed by atoms with Crippen molar-refractivity contribution >= 4 is 17.3 Å². The predicted molar refractivity (Wildman–Crippen MR) is 110 cm³/mol. The number of aromatic nitrogens is 3. The number of aromatic carboxylic acids is 1. The minimum Gasteiger partial charge on any atom is -0.476 e. The summed E-state index contributed by atoms with van der Waals surface area (Å²) in [5.41, 5.74) is 4.10. The zero-order chi connectivity index (χ0) is 20.5. The zero-order valence-corrected chi connectivity index (χ0v) is 16.3. The maximum absolute atomic E-state index is 13.2. The van der Waals surface area contributed by atoms with E-state index < -0.39 is 5.97 Å². The van der Waals surface area contributed by atoms with Crippen molar-refractivity contribution in [1.29, 1.82) is 0 Å². The van der Waals surface area contributed by atoms with E-state index in [0.717, 1.165) is 24.0 Å². The van der Waals surface area contributed by atoms with Crippen LogP contribution in [0.4, 0.5) is 11.4 Å². The van der Waals surface area contributed by atoms with Gasteiger partial charge in [-0.2, -0.15) is 5.10 Å². The number of hydrogen-bond acceptors (Lipinski definition) is 5. The molecule has 0 fully saturated rings. The summed E-state index contributed by atoms with van der Waals surface area (Å²) in [6, 6.07) is 9.81. The Morgan fingerprint density at radius 3 is 2.83 bits per heavy atom. The summed E-state index contributed by atoms with van der Waals surface area (Å²) in [6.07, 6.45) is 4.88. The van der Waals surface area contributed by atoms with E-state index in [-0.39, 0.29) is 29.4 Å². The number of carbonyl (C=O) groups is 1. The van der Waals surface area contributed by atoms with Gasteiger partial charge in [-0.25, -0.2) is 9.48 Å². The van der Waals surface area contributed by atoms with Gasteiger partial charge in [0.05, 0.1) is 11.9 Å². The minimum atomic E-state index is -1.14. The van der Waals surface area contributed by atoms with Crippen molar-refractivity contribution in [1.82, 2.24) is 14.8 Å². The predicted octanol–water partition coefficient (Wildman–Crippen LogP) is 3.49. The van der Waals surface area contributed by atoms with Crippen LogP contribution < -0.4 is 10.9 Å². The molecule has 0 amide bonds. The Morgan fingerprint density at radius 1 is 1.31 bits per heavy atom. The molecule has 1 aromatic carbocycles. The van der Waals surface area contributed by atoms with E-state index in [1.807, 2.05) is 31.2 Å². The van der Waals surface area contributed by atoms with E-state index in [1.165, 1.54) is 10.2 Å². The average molecular weight is 390 g/mol. The first-order valence-electron chi connectivity index (χ1n) is 9.65. The summed E-state index contributed by atoms with van der Waals surface area (Å²) in [7, 11) is 0. The molecule has 29 heavy (non-hydrogen) atoms. The monoisotopic (exact) mass is 390 g/mol. The van der Waals surface area contributed by atoms with Crippen molar-refractivity contribution in [3.05, 3.63) is 81.0 Å². The Balaban J connectivity index is 1.98. The summed E-state index contributed by atoms with van der Waals surface area (Å²) in [4.78, 5) is 29.5. The van der Waals surface area contributed by atoms with E-state index in [2.05, 4.69) is 21.5 Å². The Kier molecular flexibility index (Phi) is 4.88. The molecule has 0 saturated carbocycles. The minimum absolute atomic E-state index is 0.0859. The molecule has 7 heteroatoms. The lowest BCUT2D eigenvalue weighted by molar-refractivity contribution is 0.0685. The fourth-order valence-electron chi connectivity index (χ4n) is 4.00. The Labute approximate surface area is 168 Å². The molecule has 3 aromatic rings. The summed E-state index contributed by atoms with van der Waals surface area (Å²) < 4.78 is 1.20. The number of aryl methyl sites for hydroxylation is 3. The summed E-state index contributed by atoms with van der Waals surface area (Å²) in [5.74, 6) is -1.35. The van der Waals surface area contributed by atoms with E-state index in [4.69, 9.17) is 0 Å². The van der Waals surface area contributed by atoms with Gasteiger partial charge in [0.15, 0.2) is 5.69 Å². The quantitative estimate of drug-likeness (QED) is 0.692. The van der Waals surface area contributed by atoms with Crippen LogP contribution in [0.2, 0.25) is 0 Å². The Hall–Kier alpha value is -3.48. The van der Waals surface area contributed by atoms with Crippen molar-refractivity contribution in [2.24, 2.45) is 0 Å². The zero-order valence-electron chi connectivity index (χ0n) is 16.3. The number of carboxylic acid groups (broad SMARTS) is 1. The average Bonchev–Trinajstić information content (AvgIpc) is 3.14. The van der Waals surface area contributed by atoms with Gasteiger partial charge in [-0.15, -0.1) is 0 Å². The molecule has 1 aliphatic carbocycles. The third-order valence-corrected chi connectivity index (χ3v) is 5.48. The summed E-state index contributed by atoms with van der Waals surface area (Å²) >= 11 is 0. The highest BCUT2D eigenvalue weighted by Gasteiger charge is 2.33. The number of pyridine rings is 1. The van der Waals surface area contributed by atoms with Gasteiger partial charge in [0.1, 0.15) is 5.69 Å². The second kappa shape index (κ2) is 7.50. The fraction of sp³-hybridized carbons (Fsp3) is 0.273. The van der Waals surface area contributed by atoms with Crippen LogP contribution in [0.15, 0.2) is 47.5 Å². The Morgan fingerprint density at radius 2 is 2.10 bits per heavy atom. The number of fused-ring (bicyclic) bond motifs is 1. The molecule has 2 N–H and O–H groups in total. The molecule has 4 rings (SSSR count). The number of nitrogens with zero attached hydrogens (tertiary/aromatic N) is 3. The number of carboxylic acids is 1. The molecule has 0 spiro atoms. The van der Waals surface area contributed by atoms with Gasteiger partial charge in [-0.05, 0) is 49.4 Å². The number of rotatable bonds is 5. The van der Waals surface area contributed by atoms with Crippen LogP contribution in [-0.4, -0.2) is 25.8 Å². The van der Waals surface area contributed by atoms with Crippen molar-refractivity contribution in [3.8, 4) is 0 Å². The van der Waals surface area contributed by atoms with Gasteiger partial charge in [0, 0.05) is 24.2 Å². The van der Waals surface area contributed by atoms with Crippen LogP contribution in [0.3, 0.4) is 0 Å². The molecule has 2 heterocycles. The smallest absolute Gasteiger partial charge is 0.356 e. The first-order valence-corrected chi connectivity index (χ1v) is 9.65. The van der Waals surface area contributed by atoms with E-state index in [1.54, 1.807) is 19.3 Å². The SMILES string of the molecule is CCn1nc(C(=O)O)c(C2CCc3ccccc32)c(Nc2cnccc2C)c1=O. The summed E-state index contributed by atoms with van der Waals surface area (Å²) in [6.45, 7) is 3.96. The number of hydrogen-bond donors (Lipinski definition) is 2. The van der Waals surface area contributed by atoms with Crippen molar-refractivity contribution in [2.45, 2.75) is 39.2 Å². The largest absolute Gasteiger partial charge is 0.476 e. The van der Waals surface area contributed by atoms with Crippen LogP contribution in [0, 0.1) is 6.92 Å². The van der Waals surface area contributed by atoms with Crippen molar-refractivity contribution in [3.63, 3.8) is 0 Å². The summed E-state index contributed by atoms with van der Waals surface area (Å²) in [5, 5.41) is 17.3. The molecule has 0 aliphatic heterocycles. The van der Waals surface area contributed by atoms with Crippen LogP contribution in [0.25, 0.3) is 0 Å². The highest BCUT2D eigenvalue weighted by Crippen LogP contribution is 2.41. The van der Waals surface area contributed by atoms with Gasteiger partial charge in [-0.3, -0.25) is 9.78 Å². The third kappa shape index (κ3) is 3.29. The van der Waals surface area contributed by atoms with Gasteiger partial charge in [0.25, 0.3) is 5.56 Å². The number of anilines is 2. The van der Waals surface area contributed by atoms with Gasteiger partial charge in [-0.1, -0.05) is 24.3 Å². The molecule has 2 aromatic heterocycles. The number of benzene rings is 1. The van der Waals surface area contributed by atoms with Crippen LogP contribution >= 0.6 is 0 Å². The van der Waals surface area contributed by atoms with E-state index >= 15 is 0 Å². The van der Waals surface area contributed by atoms with Crippen molar-refractivity contribution in [2.75, 3.05) is 5.32 Å². The highest BCUT2D eigenvalue weighted by atomic mass is 16.4. The first-order chi connectivity index (χ1) is 14.0. The van der Waals surface area contributed by atoms with Crippen LogP contribution in [0.5, 0.6) is 0 Å². The van der Waals surface area contributed by atoms with Gasteiger partial charge in [0.2, 0.25) is 0 Å². The highest BCUT2D eigenvalue weighted by molar-refractivity contribution is 5.90. The lowest BCUT2D eigenvalue weighted by Crippen LogP contribution is -2.30. The fourth-order valence-corrected chi connectivity index (χ4v) is 4.00. The third-order valence-electron chi connectivity index (χ3n) is 5.48. The maximum atomic E-state index is 13.2. The normalized spacial score (nSPS) is 15.2. The first kappa shape index (κ1) is 18.9. The topological polar surface area (TPSA) is 97.1 Å². The standard InChI is InChI=1S/C22H22N4O3/c1-3-26-21(27)19(24-17-12-23-11-10-13(17)2)18(20(25-26)22(28)29)16-9-8-14-6-4-5-7-15(14)16/h4-7,10-12,16,24H,3,8-9H2,1-2H3,(H,28,29). The molecular weight excluding hydrogens is 368 g/mol. The maximum Gasteiger partial charge on any atom is 0.356 e. The van der Waals surface area contributed by atoms with E-state index in [0.29, 0.717) is 11.3 Å². The molecule has 7 nitrogen and oxygen atoms in total. The number of nitrogens with one attached hydrogen (secondary N) is 1. The molecule has 1 aliphatic rings. The Bertz CT molecular complexity index is 1150. The van der Waals surface area contributed by atoms with Crippen molar-refractivity contribution < 1.29 is 9.90 Å². The van der Waals surface area contributed by atoms with E-state index in [9.17, 15) is 14.7 Å². The van der Waals surface area contributed by atoms with Gasteiger partial charge >= 0.3 is 5.97 Å². The second-order valence-corrected chi connectivity index (χ2v) is 7.17. The van der Waals surface area contributed by atoms with Gasteiger partial charge < -0.3 is 10.4 Å². The molecule has 1 unspecified atom stereocenters. The second-order valence-electron chi connectivity index (χ2n) is 7.17. The molecule has 148 valence electrons. The molecule has 0 saturated heterocycles. The molecule has 0 bridgehead atoms. The molecule has 1 atom stereocenters. The molecule has 0 radical (unpaired) electrons. The molecular formula is C22H22N4O3. The van der Waals surface area contributed by atoms with Crippen LogP contribution in [0.1, 0.15) is 52.0 Å².